The number of nitriles is 4. The lowest BCUT2D eigenvalue weighted by Crippen LogP contribution is -2.73. The van der Waals surface area contributed by atoms with Crippen LogP contribution in [0.15, 0.2) is 97.1 Å². The Morgan fingerprint density at radius 3 is 0.717 bits per heavy atom. The third-order valence-corrected chi connectivity index (χ3v) is 12.6. The molecule has 6 aliphatic rings. The van der Waals surface area contributed by atoms with Gasteiger partial charge in [0.25, 0.3) is 0 Å². The van der Waals surface area contributed by atoms with E-state index in [2.05, 4.69) is 24.3 Å². The van der Waals surface area contributed by atoms with Crippen LogP contribution in [0.25, 0.3) is 0 Å². The largest absolute Gasteiger partial charge is 0.343 e. The van der Waals surface area contributed by atoms with Gasteiger partial charge in [-0.15, -0.1) is 0 Å². The van der Waals surface area contributed by atoms with Crippen LogP contribution in [0.4, 0.5) is 0 Å². The van der Waals surface area contributed by atoms with Crippen LogP contribution in [0.5, 0.6) is 0 Å². The fraction of sp³-hybridized carbons (Fsp3) is 0.417. The van der Waals surface area contributed by atoms with Crippen LogP contribution >= 0.6 is 0 Å². The van der Waals surface area contributed by atoms with Gasteiger partial charge in [0.2, 0.25) is 0 Å². The molecule has 0 N–H and O–H groups in total. The lowest BCUT2D eigenvalue weighted by molar-refractivity contribution is -0.494. The lowest BCUT2D eigenvalue weighted by atomic mass is 9.78. The van der Waals surface area contributed by atoms with Crippen LogP contribution in [-0.2, 0) is 64.3 Å². The minimum Gasteiger partial charge on any atom is -0.343 e. The topological polar surface area (TPSA) is 169 Å². The maximum Gasteiger partial charge on any atom is 0.195 e. The number of rotatable bonds is 12. The second-order valence-electron chi connectivity index (χ2n) is 16.2. The molecule has 0 spiro atoms. The van der Waals surface area contributed by atoms with Gasteiger partial charge in [-0.1, -0.05) is 48.5 Å². The van der Waals surface area contributed by atoms with Crippen molar-refractivity contribution in [3.8, 4) is 24.3 Å². The molecule has 4 aliphatic carbocycles. The van der Waals surface area contributed by atoms with E-state index in [9.17, 15) is 0 Å². The zero-order chi connectivity index (χ0) is 41.2. The van der Waals surface area contributed by atoms with Gasteiger partial charge < -0.3 is 37.9 Å². The summed E-state index contributed by atoms with van der Waals surface area (Å²) in [6.07, 6.45) is 6.14. The second kappa shape index (κ2) is 16.5. The molecule has 60 heavy (non-hydrogen) atoms. The number of nitrogens with zero attached hydrogens (tertiary/aromatic N) is 4. The Morgan fingerprint density at radius 1 is 0.367 bits per heavy atom. The summed E-state index contributed by atoms with van der Waals surface area (Å²) in [6, 6.07) is 38.1. The van der Waals surface area contributed by atoms with Crippen molar-refractivity contribution in [2.45, 2.75) is 125 Å². The van der Waals surface area contributed by atoms with Crippen molar-refractivity contribution in [2.24, 2.45) is 0 Å². The van der Waals surface area contributed by atoms with Crippen LogP contribution in [0.3, 0.4) is 0 Å². The summed E-state index contributed by atoms with van der Waals surface area (Å²) >= 11 is 0. The molecular weight excluding hydrogens is 761 g/mol. The van der Waals surface area contributed by atoms with Crippen molar-refractivity contribution >= 4 is 0 Å². The SMILES string of the molecule is N#Cc1ccc(CO[C@]23CC[C@H]2O[C@@]2(OCc4ccc(C#N)cc4)CC[C@H]2O3)cc1.N#Cc1ccc(CO[C@]23CC[C@H]2O[C@@]2(OCc4ccc(C#N)cc4)CC[C@H]2O3)cc1. The molecule has 4 saturated carbocycles. The van der Waals surface area contributed by atoms with Crippen molar-refractivity contribution in [3.05, 3.63) is 142 Å². The van der Waals surface area contributed by atoms with E-state index in [-0.39, 0.29) is 24.4 Å². The van der Waals surface area contributed by atoms with E-state index >= 15 is 0 Å². The van der Waals surface area contributed by atoms with Crippen LogP contribution < -0.4 is 0 Å². The predicted octanol–water partition coefficient (Wildman–Crippen LogP) is 7.86. The minimum absolute atomic E-state index is 0.145. The van der Waals surface area contributed by atoms with Gasteiger partial charge in [0, 0.05) is 25.7 Å². The van der Waals surface area contributed by atoms with E-state index in [0.29, 0.717) is 48.7 Å². The fourth-order valence-corrected chi connectivity index (χ4v) is 8.41. The number of hydrogen-bond donors (Lipinski definition) is 0. The highest BCUT2D eigenvalue weighted by atomic mass is 16.8. The van der Waals surface area contributed by atoms with Gasteiger partial charge >= 0.3 is 0 Å². The Kier molecular flexibility index (Phi) is 11.0. The Morgan fingerprint density at radius 2 is 0.567 bits per heavy atom. The quantitative estimate of drug-likeness (QED) is 0.136. The highest BCUT2D eigenvalue weighted by Gasteiger charge is 2.67. The summed E-state index contributed by atoms with van der Waals surface area (Å²) < 4.78 is 50.4. The number of hydrogen-bond acceptors (Lipinski definition) is 12. The predicted molar refractivity (Wildman–Crippen MR) is 211 cm³/mol. The van der Waals surface area contributed by atoms with Gasteiger partial charge in [0.1, 0.15) is 24.4 Å². The molecule has 2 saturated heterocycles. The molecule has 0 amide bonds. The molecule has 8 atom stereocenters. The van der Waals surface area contributed by atoms with Gasteiger partial charge in [-0.3, -0.25) is 0 Å². The van der Waals surface area contributed by atoms with Crippen molar-refractivity contribution in [1.29, 1.82) is 21.0 Å². The van der Waals surface area contributed by atoms with E-state index in [1.54, 1.807) is 48.5 Å². The van der Waals surface area contributed by atoms with Crippen LogP contribution in [0.1, 0.15) is 95.9 Å². The molecule has 2 aliphatic heterocycles. The molecule has 10 rings (SSSR count). The van der Waals surface area contributed by atoms with E-state index < -0.39 is 23.1 Å². The van der Waals surface area contributed by atoms with Crippen molar-refractivity contribution in [3.63, 3.8) is 0 Å². The van der Waals surface area contributed by atoms with Crippen molar-refractivity contribution in [1.82, 2.24) is 0 Å². The third-order valence-electron chi connectivity index (χ3n) is 12.6. The molecule has 0 aromatic heterocycles. The summed E-state index contributed by atoms with van der Waals surface area (Å²) in [6.45, 7) is 1.66. The minimum atomic E-state index is -0.708. The highest BCUT2D eigenvalue weighted by Crippen LogP contribution is 2.56. The maximum absolute atomic E-state index is 8.93. The van der Waals surface area contributed by atoms with Gasteiger partial charge in [-0.2, -0.15) is 21.0 Å². The third kappa shape index (κ3) is 7.70. The smallest absolute Gasteiger partial charge is 0.195 e. The van der Waals surface area contributed by atoms with Gasteiger partial charge in [-0.25, -0.2) is 0 Å². The number of benzene rings is 4. The Hall–Kier alpha value is -5.48. The first-order valence-corrected chi connectivity index (χ1v) is 20.5. The van der Waals surface area contributed by atoms with Crippen LogP contribution in [0.2, 0.25) is 0 Å². The second-order valence-corrected chi connectivity index (χ2v) is 16.2. The molecular formula is C48H44N4O8. The Labute approximate surface area is 349 Å². The number of fused-ring (bicyclic) bond motifs is 4. The van der Waals surface area contributed by atoms with Gasteiger partial charge in [-0.05, 0) is 96.5 Å². The van der Waals surface area contributed by atoms with Gasteiger partial charge in [0.05, 0.1) is 73.0 Å². The summed E-state index contributed by atoms with van der Waals surface area (Å²) in [5.41, 5.74) is 6.54. The van der Waals surface area contributed by atoms with E-state index in [1.807, 2.05) is 48.5 Å². The zero-order valence-corrected chi connectivity index (χ0v) is 33.1. The fourth-order valence-electron chi connectivity index (χ4n) is 8.41. The molecule has 0 bridgehead atoms. The molecule has 6 fully saturated rings. The first-order valence-electron chi connectivity index (χ1n) is 20.5. The van der Waals surface area contributed by atoms with E-state index in [1.165, 1.54) is 0 Å². The zero-order valence-electron chi connectivity index (χ0n) is 33.1. The molecule has 4 aromatic rings. The van der Waals surface area contributed by atoms with E-state index in [0.717, 1.165) is 73.6 Å². The molecule has 304 valence electrons. The van der Waals surface area contributed by atoms with Crippen LogP contribution in [-0.4, -0.2) is 47.6 Å². The average Bonchev–Trinajstić information content (AvgIpc) is 3.28. The Balaban J connectivity index is 0.000000154. The average molecular weight is 805 g/mol. The monoisotopic (exact) mass is 804 g/mol. The summed E-state index contributed by atoms with van der Waals surface area (Å²) in [4.78, 5) is 0. The molecule has 0 radical (unpaired) electrons. The summed E-state index contributed by atoms with van der Waals surface area (Å²) in [7, 11) is 0. The molecule has 0 unspecified atom stereocenters. The summed E-state index contributed by atoms with van der Waals surface area (Å²) in [5, 5.41) is 35.7. The first kappa shape index (κ1) is 40.0. The number of ether oxygens (including phenoxy) is 8. The molecule has 12 nitrogen and oxygen atoms in total. The van der Waals surface area contributed by atoms with E-state index in [4.69, 9.17) is 58.9 Å². The Bertz CT molecular complexity index is 2010. The van der Waals surface area contributed by atoms with Gasteiger partial charge in [0.15, 0.2) is 23.1 Å². The maximum atomic E-state index is 8.93. The van der Waals surface area contributed by atoms with Crippen LogP contribution in [0, 0.1) is 45.3 Å². The van der Waals surface area contributed by atoms with Crippen molar-refractivity contribution in [2.75, 3.05) is 0 Å². The molecule has 4 aromatic carbocycles. The first-order chi connectivity index (χ1) is 29.3. The normalized spacial score (nSPS) is 31.3. The molecule has 2 heterocycles. The highest BCUT2D eigenvalue weighted by molar-refractivity contribution is 5.34. The molecule has 12 heteroatoms. The standard InChI is InChI=1S/2C24H22N2O4/c2*25-13-17-1-5-19(6-2-17)15-27-23-11-9-21(23)30-24(12-10-22(24)29-23)28-16-20-7-3-18(14-26)4-8-20/h2*1-8,21-22H,9-12,15-16H2/t2*21-,22-,23+,24+/m11/s1. The lowest BCUT2D eigenvalue weighted by Gasteiger charge is -2.62. The van der Waals surface area contributed by atoms with Crippen molar-refractivity contribution < 1.29 is 37.9 Å². The summed E-state index contributed by atoms with van der Waals surface area (Å²) in [5.74, 6) is -2.83.